The minimum absolute atomic E-state index is 0.0145. The summed E-state index contributed by atoms with van der Waals surface area (Å²) in [5, 5.41) is 11.1. The number of carbonyl (C=O) groups excluding carboxylic acids is 1. The third-order valence-electron chi connectivity index (χ3n) is 7.78. The molecule has 2 aromatic rings. The maximum Gasteiger partial charge on any atom is 0.246 e. The lowest BCUT2D eigenvalue weighted by atomic mass is 9.83. The number of hydrogen-bond acceptors (Lipinski definition) is 4. The fourth-order valence-corrected chi connectivity index (χ4v) is 5.80. The molecule has 2 fully saturated rings. The fraction of sp³-hybridized carbons (Fsp3) is 0.483. The first-order valence-electron chi connectivity index (χ1n) is 12.9. The molecule has 0 spiro atoms. The van der Waals surface area contributed by atoms with Crippen LogP contribution in [0, 0.1) is 11.8 Å². The Balaban J connectivity index is 1.22. The molecule has 0 radical (unpaired) electrons. The summed E-state index contributed by atoms with van der Waals surface area (Å²) in [7, 11) is 1.70. The number of likely N-dealkylation sites (tertiary alicyclic amines) is 2. The van der Waals surface area contributed by atoms with Gasteiger partial charge in [0.2, 0.25) is 5.91 Å². The smallest absolute Gasteiger partial charge is 0.246 e. The molecule has 1 atom stereocenters. The number of aliphatic hydroxyl groups is 1. The van der Waals surface area contributed by atoms with Gasteiger partial charge in [-0.25, -0.2) is 0 Å². The molecule has 2 aromatic carbocycles. The van der Waals surface area contributed by atoms with Gasteiger partial charge in [0, 0.05) is 32.3 Å². The Morgan fingerprint density at radius 1 is 1.03 bits per heavy atom. The van der Waals surface area contributed by atoms with Gasteiger partial charge in [-0.2, -0.15) is 0 Å². The minimum Gasteiger partial charge on any atom is -0.497 e. The molecule has 0 saturated carbocycles. The van der Waals surface area contributed by atoms with E-state index in [1.165, 1.54) is 5.56 Å². The van der Waals surface area contributed by atoms with Crippen molar-refractivity contribution < 1.29 is 14.6 Å². The van der Waals surface area contributed by atoms with Gasteiger partial charge in [0.15, 0.2) is 0 Å². The lowest BCUT2D eigenvalue weighted by Gasteiger charge is -2.39. The van der Waals surface area contributed by atoms with Crippen LogP contribution >= 0.6 is 23.2 Å². The summed E-state index contributed by atoms with van der Waals surface area (Å²) in [5.74, 6) is 2.20. The van der Waals surface area contributed by atoms with Crippen LogP contribution in [0.5, 0.6) is 5.75 Å². The third kappa shape index (κ3) is 7.04. The van der Waals surface area contributed by atoms with E-state index >= 15 is 0 Å². The summed E-state index contributed by atoms with van der Waals surface area (Å²) in [4.78, 5) is 17.1. The first-order chi connectivity index (χ1) is 17.5. The topological polar surface area (TPSA) is 53.0 Å². The molecule has 0 bridgehead atoms. The van der Waals surface area contributed by atoms with E-state index in [4.69, 9.17) is 27.9 Å². The molecule has 5 nitrogen and oxygen atoms in total. The van der Waals surface area contributed by atoms with Gasteiger partial charge in [0.25, 0.3) is 0 Å². The van der Waals surface area contributed by atoms with Crippen LogP contribution in [-0.4, -0.2) is 67.3 Å². The molecular weight excluding hydrogens is 495 g/mol. The van der Waals surface area contributed by atoms with Crippen molar-refractivity contribution in [3.8, 4) is 5.75 Å². The lowest BCUT2D eigenvalue weighted by molar-refractivity contribution is -0.127. The summed E-state index contributed by atoms with van der Waals surface area (Å²) in [6, 6.07) is 13.8. The second-order valence-corrected chi connectivity index (χ2v) is 10.8. The van der Waals surface area contributed by atoms with E-state index in [-0.39, 0.29) is 18.4 Å². The summed E-state index contributed by atoms with van der Waals surface area (Å²) in [5.41, 5.74) is 2.24. The Labute approximate surface area is 224 Å². The molecule has 194 valence electrons. The fourth-order valence-electron chi connectivity index (χ4n) is 5.49. The number of benzene rings is 2. The quantitative estimate of drug-likeness (QED) is 0.442. The number of nitrogens with zero attached hydrogens (tertiary/aromatic N) is 2. The SMILES string of the molecule is COc1ccc(C2CCN(CC(CO)C3CCN(C(=O)C=Cc4ccc(Cl)c(Cl)c4)CC3)CC2)cc1. The third-order valence-corrected chi connectivity index (χ3v) is 8.52. The normalized spacial score (nSPS) is 19.1. The van der Waals surface area contributed by atoms with Gasteiger partial charge in [-0.3, -0.25) is 4.79 Å². The highest BCUT2D eigenvalue weighted by Crippen LogP contribution is 2.32. The largest absolute Gasteiger partial charge is 0.497 e. The van der Waals surface area contributed by atoms with Gasteiger partial charge in [0.1, 0.15) is 5.75 Å². The maximum absolute atomic E-state index is 12.7. The zero-order chi connectivity index (χ0) is 25.5. The second-order valence-electron chi connectivity index (χ2n) is 9.96. The van der Waals surface area contributed by atoms with E-state index in [2.05, 4.69) is 17.0 Å². The number of halogens is 2. The number of aliphatic hydroxyl groups excluding tert-OH is 1. The van der Waals surface area contributed by atoms with E-state index in [0.717, 1.165) is 69.7 Å². The molecule has 0 aliphatic carbocycles. The maximum atomic E-state index is 12.7. The van der Waals surface area contributed by atoms with Crippen LogP contribution in [0.3, 0.4) is 0 Å². The Morgan fingerprint density at radius 3 is 2.33 bits per heavy atom. The van der Waals surface area contributed by atoms with Crippen molar-refractivity contribution in [2.45, 2.75) is 31.6 Å². The number of ether oxygens (including phenoxy) is 1. The number of carbonyl (C=O) groups is 1. The molecular formula is C29H36Cl2N2O3. The number of hydrogen-bond donors (Lipinski definition) is 1. The number of piperidine rings is 2. The molecule has 2 saturated heterocycles. The molecule has 1 N–H and O–H groups in total. The van der Waals surface area contributed by atoms with Crippen molar-refractivity contribution >= 4 is 35.2 Å². The summed E-state index contributed by atoms with van der Waals surface area (Å²) in [6.45, 7) is 4.71. The average Bonchev–Trinajstić information content (AvgIpc) is 2.92. The van der Waals surface area contributed by atoms with E-state index in [0.29, 0.717) is 21.9 Å². The molecule has 2 aliphatic rings. The standard InChI is InChI=1S/C29H36Cl2N2O3/c1-36-26-6-4-22(5-7-26)23-10-14-32(15-11-23)19-25(20-34)24-12-16-33(17-13-24)29(35)9-3-21-2-8-27(30)28(31)18-21/h2-9,18,23-25,34H,10-17,19-20H2,1H3. The molecule has 2 aliphatic heterocycles. The first-order valence-corrected chi connectivity index (χ1v) is 13.6. The van der Waals surface area contributed by atoms with Crippen LogP contribution in [0.25, 0.3) is 6.08 Å². The molecule has 2 heterocycles. The highest BCUT2D eigenvalue weighted by atomic mass is 35.5. The molecule has 1 unspecified atom stereocenters. The van der Waals surface area contributed by atoms with Crippen LogP contribution in [0.4, 0.5) is 0 Å². The zero-order valence-electron chi connectivity index (χ0n) is 20.9. The van der Waals surface area contributed by atoms with Crippen molar-refractivity contribution in [3.63, 3.8) is 0 Å². The van der Waals surface area contributed by atoms with Gasteiger partial charge < -0.3 is 19.6 Å². The van der Waals surface area contributed by atoms with Gasteiger partial charge in [-0.15, -0.1) is 0 Å². The lowest BCUT2D eigenvalue weighted by Crippen LogP contribution is -2.44. The van der Waals surface area contributed by atoms with E-state index < -0.39 is 0 Å². The van der Waals surface area contributed by atoms with Crippen LogP contribution in [-0.2, 0) is 4.79 Å². The van der Waals surface area contributed by atoms with E-state index in [9.17, 15) is 9.90 Å². The van der Waals surface area contributed by atoms with Gasteiger partial charge >= 0.3 is 0 Å². The van der Waals surface area contributed by atoms with Crippen LogP contribution in [0.2, 0.25) is 10.0 Å². The van der Waals surface area contributed by atoms with Crippen molar-refractivity contribution in [2.24, 2.45) is 11.8 Å². The van der Waals surface area contributed by atoms with E-state index in [1.54, 1.807) is 31.4 Å². The Kier molecular flexibility index (Phi) is 9.72. The van der Waals surface area contributed by atoms with Crippen molar-refractivity contribution in [1.29, 1.82) is 0 Å². The van der Waals surface area contributed by atoms with Gasteiger partial charge in [0.05, 0.1) is 17.2 Å². The highest BCUT2D eigenvalue weighted by Gasteiger charge is 2.30. The predicted molar refractivity (Wildman–Crippen MR) is 147 cm³/mol. The van der Waals surface area contributed by atoms with Crippen LogP contribution in [0.15, 0.2) is 48.5 Å². The van der Waals surface area contributed by atoms with Crippen molar-refractivity contribution in [1.82, 2.24) is 9.80 Å². The predicted octanol–water partition coefficient (Wildman–Crippen LogP) is 5.74. The van der Waals surface area contributed by atoms with E-state index in [1.807, 2.05) is 23.1 Å². The molecule has 0 aromatic heterocycles. The molecule has 7 heteroatoms. The van der Waals surface area contributed by atoms with Crippen LogP contribution < -0.4 is 4.74 Å². The van der Waals surface area contributed by atoms with Crippen molar-refractivity contribution in [3.05, 3.63) is 69.7 Å². The number of amides is 1. The Morgan fingerprint density at radius 2 is 1.72 bits per heavy atom. The summed E-state index contributed by atoms with van der Waals surface area (Å²) < 4.78 is 5.28. The van der Waals surface area contributed by atoms with Crippen molar-refractivity contribution in [2.75, 3.05) is 46.4 Å². The highest BCUT2D eigenvalue weighted by molar-refractivity contribution is 6.42. The Hall–Kier alpha value is -2.05. The Bertz CT molecular complexity index is 1030. The summed E-state index contributed by atoms with van der Waals surface area (Å²) >= 11 is 12.0. The van der Waals surface area contributed by atoms with Gasteiger partial charge in [-0.1, -0.05) is 41.4 Å². The molecule has 1 amide bonds. The number of methoxy groups -OCH3 is 1. The minimum atomic E-state index is 0.0145. The average molecular weight is 532 g/mol. The zero-order valence-corrected chi connectivity index (χ0v) is 22.4. The summed E-state index contributed by atoms with van der Waals surface area (Å²) in [6.07, 6.45) is 7.53. The molecule has 36 heavy (non-hydrogen) atoms. The monoisotopic (exact) mass is 530 g/mol. The molecule has 4 rings (SSSR count). The first kappa shape index (κ1) is 27.0. The number of rotatable bonds is 8. The van der Waals surface area contributed by atoms with Crippen LogP contribution in [0.1, 0.15) is 42.7 Å². The van der Waals surface area contributed by atoms with Gasteiger partial charge in [-0.05, 0) is 98.0 Å². The second kappa shape index (κ2) is 13.0.